The van der Waals surface area contributed by atoms with Crippen LogP contribution in [0.2, 0.25) is 0 Å². The molecule has 7 nitrogen and oxygen atoms in total. The van der Waals surface area contributed by atoms with Crippen LogP contribution in [0.4, 0.5) is 11.4 Å². The van der Waals surface area contributed by atoms with E-state index in [-0.39, 0.29) is 5.91 Å². The molecule has 0 unspecified atom stereocenters. The van der Waals surface area contributed by atoms with E-state index in [0.29, 0.717) is 23.5 Å². The third-order valence-corrected chi connectivity index (χ3v) is 3.47. The van der Waals surface area contributed by atoms with Crippen molar-refractivity contribution in [2.24, 2.45) is 0 Å². The van der Waals surface area contributed by atoms with Gasteiger partial charge in [-0.1, -0.05) is 31.2 Å². The molecule has 0 aliphatic heterocycles. The van der Waals surface area contributed by atoms with Crippen LogP contribution in [-0.2, 0) is 19.1 Å². The van der Waals surface area contributed by atoms with Crippen LogP contribution in [0.15, 0.2) is 54.6 Å². The first-order chi connectivity index (χ1) is 13.0. The van der Waals surface area contributed by atoms with Gasteiger partial charge >= 0.3 is 5.97 Å². The van der Waals surface area contributed by atoms with Crippen LogP contribution < -0.4 is 15.4 Å². The topological polar surface area (TPSA) is 93.7 Å². The Labute approximate surface area is 157 Å². The van der Waals surface area contributed by atoms with Crippen LogP contribution in [0, 0.1) is 0 Å². The summed E-state index contributed by atoms with van der Waals surface area (Å²) in [6.07, 6.45) is -0.378. The van der Waals surface area contributed by atoms with E-state index < -0.39 is 24.6 Å². The molecule has 2 aromatic carbocycles. The maximum atomic E-state index is 12.1. The summed E-state index contributed by atoms with van der Waals surface area (Å²) in [5.74, 6) is -0.752. The monoisotopic (exact) mass is 370 g/mol. The zero-order chi connectivity index (χ0) is 19.6. The number of benzene rings is 2. The van der Waals surface area contributed by atoms with Gasteiger partial charge in [-0.3, -0.25) is 9.59 Å². The lowest BCUT2D eigenvalue weighted by atomic mass is 10.2. The third-order valence-electron chi connectivity index (χ3n) is 3.47. The number of hydrogen-bond donors (Lipinski definition) is 2. The molecule has 0 saturated carbocycles. The summed E-state index contributed by atoms with van der Waals surface area (Å²) in [6.45, 7) is 2.76. The number of anilines is 2. The van der Waals surface area contributed by atoms with Crippen LogP contribution >= 0.6 is 0 Å². The van der Waals surface area contributed by atoms with Crippen molar-refractivity contribution in [2.45, 2.75) is 26.4 Å². The fourth-order valence-corrected chi connectivity index (χ4v) is 2.27. The van der Waals surface area contributed by atoms with Gasteiger partial charge in [0, 0.05) is 18.3 Å². The molecule has 2 aromatic rings. The van der Waals surface area contributed by atoms with Crippen LogP contribution in [0.3, 0.4) is 0 Å². The molecule has 142 valence electrons. The van der Waals surface area contributed by atoms with Crippen LogP contribution in [0.25, 0.3) is 0 Å². The van der Waals surface area contributed by atoms with E-state index in [9.17, 15) is 14.4 Å². The van der Waals surface area contributed by atoms with Crippen molar-refractivity contribution < 1.29 is 23.9 Å². The van der Waals surface area contributed by atoms with Gasteiger partial charge in [-0.25, -0.2) is 4.79 Å². The Bertz CT molecular complexity index is 792. The second kappa shape index (κ2) is 9.96. The Hall–Kier alpha value is -3.35. The first-order valence-electron chi connectivity index (χ1n) is 8.53. The van der Waals surface area contributed by atoms with Crippen LogP contribution in [0.5, 0.6) is 5.75 Å². The van der Waals surface area contributed by atoms with E-state index >= 15 is 0 Å². The highest BCUT2D eigenvalue weighted by molar-refractivity contribution is 5.94. The zero-order valence-corrected chi connectivity index (χ0v) is 15.2. The number of amides is 2. The standard InChI is InChI=1S/C20H22N2O5/c1-3-18(27-17-10-5-4-6-11-17)20(25)26-13-19(24)22-16-9-7-8-15(12-16)21-14(2)23/h4-12,18H,3,13H2,1-2H3,(H,21,23)(H,22,24)/t18-/m0/s1. The van der Waals surface area contributed by atoms with Gasteiger partial charge in [-0.2, -0.15) is 0 Å². The molecular weight excluding hydrogens is 348 g/mol. The fraction of sp³-hybridized carbons (Fsp3) is 0.250. The smallest absolute Gasteiger partial charge is 0.347 e. The summed E-state index contributed by atoms with van der Waals surface area (Å²) < 4.78 is 10.6. The van der Waals surface area contributed by atoms with Crippen molar-refractivity contribution >= 4 is 29.2 Å². The highest BCUT2D eigenvalue weighted by Crippen LogP contribution is 2.15. The number of hydrogen-bond acceptors (Lipinski definition) is 5. The molecule has 0 saturated heterocycles. The number of esters is 1. The van der Waals surface area contributed by atoms with Gasteiger partial charge in [0.2, 0.25) is 5.91 Å². The molecule has 0 aromatic heterocycles. The summed E-state index contributed by atoms with van der Waals surface area (Å²) in [7, 11) is 0. The van der Waals surface area contributed by atoms with E-state index in [0.717, 1.165) is 0 Å². The van der Waals surface area contributed by atoms with E-state index in [2.05, 4.69) is 10.6 Å². The minimum atomic E-state index is -0.789. The first kappa shape index (κ1) is 20.0. The Kier molecular flexibility index (Phi) is 7.37. The second-order valence-corrected chi connectivity index (χ2v) is 5.75. The van der Waals surface area contributed by atoms with E-state index in [4.69, 9.17) is 9.47 Å². The van der Waals surface area contributed by atoms with Crippen molar-refractivity contribution in [1.82, 2.24) is 0 Å². The second-order valence-electron chi connectivity index (χ2n) is 5.75. The van der Waals surface area contributed by atoms with Gasteiger partial charge in [0.15, 0.2) is 12.7 Å². The highest BCUT2D eigenvalue weighted by atomic mass is 16.6. The summed E-state index contributed by atoms with van der Waals surface area (Å²) in [5.41, 5.74) is 1.04. The van der Waals surface area contributed by atoms with Gasteiger partial charge < -0.3 is 20.1 Å². The Morgan fingerprint density at radius 1 is 0.963 bits per heavy atom. The molecule has 1 atom stereocenters. The number of para-hydroxylation sites is 1. The SMILES string of the molecule is CC[C@H](Oc1ccccc1)C(=O)OCC(=O)Nc1cccc(NC(C)=O)c1. The maximum Gasteiger partial charge on any atom is 0.347 e. The lowest BCUT2D eigenvalue weighted by molar-refractivity contribution is -0.154. The van der Waals surface area contributed by atoms with Crippen LogP contribution in [0.1, 0.15) is 20.3 Å². The lowest BCUT2D eigenvalue weighted by Gasteiger charge is -2.16. The lowest BCUT2D eigenvalue weighted by Crippen LogP contribution is -2.31. The van der Waals surface area contributed by atoms with Gasteiger partial charge in [0.05, 0.1) is 0 Å². The van der Waals surface area contributed by atoms with Crippen LogP contribution in [-0.4, -0.2) is 30.5 Å². The number of nitrogens with one attached hydrogen (secondary N) is 2. The Morgan fingerprint density at radius 3 is 2.26 bits per heavy atom. The maximum absolute atomic E-state index is 12.1. The molecule has 7 heteroatoms. The summed E-state index contributed by atoms with van der Waals surface area (Å²) in [4.78, 5) is 35.2. The van der Waals surface area contributed by atoms with E-state index in [1.54, 1.807) is 55.5 Å². The molecule has 0 radical (unpaired) electrons. The number of carbonyl (C=O) groups is 3. The third kappa shape index (κ3) is 6.81. The fourth-order valence-electron chi connectivity index (χ4n) is 2.27. The molecular formula is C20H22N2O5. The molecule has 0 fully saturated rings. The summed E-state index contributed by atoms with van der Waals surface area (Å²) in [6, 6.07) is 15.6. The predicted molar refractivity (Wildman–Crippen MR) is 101 cm³/mol. The number of rotatable bonds is 8. The first-order valence-corrected chi connectivity index (χ1v) is 8.53. The summed E-state index contributed by atoms with van der Waals surface area (Å²) >= 11 is 0. The molecule has 2 rings (SSSR count). The van der Waals surface area contributed by atoms with Gasteiger partial charge in [0.1, 0.15) is 5.75 Å². The average Bonchev–Trinajstić information content (AvgIpc) is 2.64. The van der Waals surface area contributed by atoms with E-state index in [1.807, 2.05) is 6.07 Å². The van der Waals surface area contributed by atoms with Crippen molar-refractivity contribution in [3.8, 4) is 5.75 Å². The summed E-state index contributed by atoms with van der Waals surface area (Å²) in [5, 5.41) is 5.23. The van der Waals surface area contributed by atoms with Crippen molar-refractivity contribution in [3.05, 3.63) is 54.6 Å². The minimum Gasteiger partial charge on any atom is -0.479 e. The largest absolute Gasteiger partial charge is 0.479 e. The molecule has 0 aliphatic carbocycles. The molecule has 2 amide bonds. The molecule has 0 heterocycles. The molecule has 0 aliphatic rings. The average molecular weight is 370 g/mol. The quantitative estimate of drug-likeness (QED) is 0.697. The van der Waals surface area contributed by atoms with Crippen molar-refractivity contribution in [1.29, 1.82) is 0 Å². The van der Waals surface area contributed by atoms with E-state index in [1.165, 1.54) is 6.92 Å². The molecule has 0 spiro atoms. The number of ether oxygens (including phenoxy) is 2. The zero-order valence-electron chi connectivity index (χ0n) is 15.2. The predicted octanol–water partition coefficient (Wildman–Crippen LogP) is 2.98. The Balaban J connectivity index is 1.85. The van der Waals surface area contributed by atoms with Crippen molar-refractivity contribution in [3.63, 3.8) is 0 Å². The van der Waals surface area contributed by atoms with Gasteiger partial charge in [-0.15, -0.1) is 0 Å². The van der Waals surface area contributed by atoms with Gasteiger partial charge in [0.25, 0.3) is 5.91 Å². The highest BCUT2D eigenvalue weighted by Gasteiger charge is 2.21. The van der Waals surface area contributed by atoms with Gasteiger partial charge in [-0.05, 0) is 36.8 Å². The number of carbonyl (C=O) groups excluding carboxylic acids is 3. The Morgan fingerprint density at radius 2 is 1.63 bits per heavy atom. The normalized spacial score (nSPS) is 11.2. The molecule has 2 N–H and O–H groups in total. The minimum absolute atomic E-state index is 0.212. The molecule has 27 heavy (non-hydrogen) atoms. The molecule has 0 bridgehead atoms. The van der Waals surface area contributed by atoms with Crippen molar-refractivity contribution in [2.75, 3.05) is 17.2 Å².